The van der Waals surface area contributed by atoms with Crippen molar-refractivity contribution in [3.63, 3.8) is 0 Å². The van der Waals surface area contributed by atoms with Gasteiger partial charge in [0, 0.05) is 23.0 Å². The predicted molar refractivity (Wildman–Crippen MR) is 163 cm³/mol. The molecule has 0 saturated carbocycles. The molecule has 0 atom stereocenters. The molecule has 0 spiro atoms. The van der Waals surface area contributed by atoms with Crippen LogP contribution in [0.25, 0.3) is 42.6 Å². The van der Waals surface area contributed by atoms with Crippen LogP contribution in [0.4, 0.5) is 17.1 Å². The van der Waals surface area contributed by atoms with Gasteiger partial charge in [-0.2, -0.15) is 0 Å². The molecule has 0 unspecified atom stereocenters. The zero-order valence-electron chi connectivity index (χ0n) is 20.7. The second-order valence-corrected chi connectivity index (χ2v) is 10.3. The summed E-state index contributed by atoms with van der Waals surface area (Å²) >= 11 is 1.80. The number of anilines is 3. The highest BCUT2D eigenvalue weighted by atomic mass is 32.1. The Balaban J connectivity index is 1.39. The Morgan fingerprint density at radius 2 is 1.03 bits per heavy atom. The molecule has 0 amide bonds. The summed E-state index contributed by atoms with van der Waals surface area (Å²) in [5.74, 6) is 0. The van der Waals surface area contributed by atoms with Crippen LogP contribution < -0.4 is 4.90 Å². The Morgan fingerprint density at radius 1 is 0.474 bits per heavy atom. The summed E-state index contributed by atoms with van der Waals surface area (Å²) in [6.07, 6.45) is 1.88. The first-order chi connectivity index (χ1) is 18.8. The minimum atomic E-state index is 1.06. The number of hydrogen-bond donors (Lipinski definition) is 0. The van der Waals surface area contributed by atoms with Gasteiger partial charge in [-0.1, -0.05) is 97.1 Å². The fraction of sp³-hybridized carbons (Fsp3) is 0. The van der Waals surface area contributed by atoms with E-state index in [0.717, 1.165) is 22.6 Å². The number of thiophene rings is 1. The smallest absolute Gasteiger partial charge is 0.0889 e. The van der Waals surface area contributed by atoms with Gasteiger partial charge in [0.25, 0.3) is 0 Å². The average molecular weight is 505 g/mol. The molecule has 2 heterocycles. The lowest BCUT2D eigenvalue weighted by Gasteiger charge is -2.26. The van der Waals surface area contributed by atoms with Crippen molar-refractivity contribution in [1.82, 2.24) is 4.98 Å². The highest BCUT2D eigenvalue weighted by Crippen LogP contribution is 2.44. The Morgan fingerprint density at radius 3 is 1.61 bits per heavy atom. The van der Waals surface area contributed by atoms with E-state index in [4.69, 9.17) is 4.98 Å². The molecule has 0 aliphatic heterocycles. The number of nitrogens with zero attached hydrogens (tertiary/aromatic N) is 2. The fourth-order valence-corrected chi connectivity index (χ4v) is 6.24. The molecule has 0 aliphatic rings. The molecule has 0 fully saturated rings. The number of benzene rings is 5. The summed E-state index contributed by atoms with van der Waals surface area (Å²) in [4.78, 5) is 7.06. The number of rotatable bonds is 5. The van der Waals surface area contributed by atoms with E-state index in [1.54, 1.807) is 11.3 Å². The molecule has 0 radical (unpaired) electrons. The summed E-state index contributed by atoms with van der Waals surface area (Å²) in [6, 6.07) is 49.5. The lowest BCUT2D eigenvalue weighted by atomic mass is 10.0. The van der Waals surface area contributed by atoms with E-state index < -0.39 is 0 Å². The van der Waals surface area contributed by atoms with Crippen molar-refractivity contribution in [3.8, 4) is 22.3 Å². The fourth-order valence-electron chi connectivity index (χ4n) is 5.07. The maximum absolute atomic E-state index is 4.70. The third-order valence-electron chi connectivity index (χ3n) is 6.94. The SMILES string of the molecule is c1ccc(-c2ccc(N(c3ccc(-c4ccccc4)cc3)c3cccc4c3sc3cccnc34)cc2)cc1. The second kappa shape index (κ2) is 9.62. The van der Waals surface area contributed by atoms with Gasteiger partial charge in [0.15, 0.2) is 0 Å². The van der Waals surface area contributed by atoms with Crippen LogP contribution in [-0.4, -0.2) is 4.98 Å². The van der Waals surface area contributed by atoms with Gasteiger partial charge in [0.2, 0.25) is 0 Å². The van der Waals surface area contributed by atoms with Crippen molar-refractivity contribution >= 4 is 48.7 Å². The largest absolute Gasteiger partial charge is 0.309 e. The number of aromatic nitrogens is 1. The molecular formula is C35H24N2S. The van der Waals surface area contributed by atoms with Crippen molar-refractivity contribution in [3.05, 3.63) is 146 Å². The molecule has 0 saturated heterocycles. The molecule has 0 N–H and O–H groups in total. The molecule has 2 nitrogen and oxygen atoms in total. The summed E-state index contributed by atoms with van der Waals surface area (Å²) in [5.41, 5.74) is 9.31. The van der Waals surface area contributed by atoms with E-state index in [0.29, 0.717) is 0 Å². The van der Waals surface area contributed by atoms with Gasteiger partial charge in [-0.15, -0.1) is 11.3 Å². The lowest BCUT2D eigenvalue weighted by molar-refractivity contribution is 1.30. The molecule has 2 aromatic heterocycles. The molecule has 180 valence electrons. The average Bonchev–Trinajstić information content (AvgIpc) is 3.39. The van der Waals surface area contributed by atoms with Crippen molar-refractivity contribution in [2.75, 3.05) is 4.90 Å². The van der Waals surface area contributed by atoms with Gasteiger partial charge in [-0.3, -0.25) is 4.98 Å². The molecule has 5 aromatic carbocycles. The zero-order valence-corrected chi connectivity index (χ0v) is 21.5. The van der Waals surface area contributed by atoms with Crippen LogP contribution in [0.2, 0.25) is 0 Å². The maximum atomic E-state index is 4.70. The standard InChI is InChI=1S/C35H24N2S/c1-3-9-25(10-4-1)27-16-20-29(21-17-27)37(30-22-18-28(19-23-30)26-11-5-2-6-12-26)32-14-7-13-31-34-33(38-35(31)32)15-8-24-36-34/h1-24H. The van der Waals surface area contributed by atoms with Crippen molar-refractivity contribution in [1.29, 1.82) is 0 Å². The van der Waals surface area contributed by atoms with Crippen LogP contribution in [0.3, 0.4) is 0 Å². The molecule has 3 heteroatoms. The Hall–Kier alpha value is -4.73. The van der Waals surface area contributed by atoms with Crippen LogP contribution in [0.5, 0.6) is 0 Å². The Labute approximate surface area is 226 Å². The summed E-state index contributed by atoms with van der Waals surface area (Å²) < 4.78 is 2.44. The number of fused-ring (bicyclic) bond motifs is 3. The predicted octanol–water partition coefficient (Wildman–Crippen LogP) is 10.3. The maximum Gasteiger partial charge on any atom is 0.0889 e. The van der Waals surface area contributed by atoms with Gasteiger partial charge < -0.3 is 4.90 Å². The summed E-state index contributed by atoms with van der Waals surface area (Å²) in [5, 5.41) is 1.19. The second-order valence-electron chi connectivity index (χ2n) is 9.27. The van der Waals surface area contributed by atoms with E-state index in [-0.39, 0.29) is 0 Å². The quantitative estimate of drug-likeness (QED) is 0.232. The molecule has 7 aromatic rings. The Kier molecular flexibility index (Phi) is 5.69. The van der Waals surface area contributed by atoms with Crippen molar-refractivity contribution < 1.29 is 0 Å². The summed E-state index contributed by atoms with van der Waals surface area (Å²) in [7, 11) is 0. The van der Waals surface area contributed by atoms with Gasteiger partial charge >= 0.3 is 0 Å². The van der Waals surface area contributed by atoms with Crippen molar-refractivity contribution in [2.24, 2.45) is 0 Å². The topological polar surface area (TPSA) is 16.1 Å². The van der Waals surface area contributed by atoms with Gasteiger partial charge in [0.05, 0.1) is 20.6 Å². The zero-order chi connectivity index (χ0) is 25.3. The highest BCUT2D eigenvalue weighted by molar-refractivity contribution is 7.26. The van der Waals surface area contributed by atoms with E-state index >= 15 is 0 Å². The molecule has 0 aliphatic carbocycles. The van der Waals surface area contributed by atoms with Crippen LogP contribution in [0.15, 0.2) is 146 Å². The Bertz CT molecular complexity index is 1760. The first-order valence-electron chi connectivity index (χ1n) is 12.7. The third kappa shape index (κ3) is 4.03. The molecule has 7 rings (SSSR count). The van der Waals surface area contributed by atoms with Crippen LogP contribution in [0, 0.1) is 0 Å². The number of pyridine rings is 1. The monoisotopic (exact) mass is 504 g/mol. The van der Waals surface area contributed by atoms with Gasteiger partial charge in [0.1, 0.15) is 0 Å². The first-order valence-corrected chi connectivity index (χ1v) is 13.5. The normalized spacial score (nSPS) is 11.2. The van der Waals surface area contributed by atoms with Gasteiger partial charge in [-0.25, -0.2) is 0 Å². The minimum Gasteiger partial charge on any atom is -0.309 e. The van der Waals surface area contributed by atoms with E-state index in [2.05, 4.69) is 138 Å². The first kappa shape index (κ1) is 22.5. The van der Waals surface area contributed by atoms with E-state index in [1.165, 1.54) is 37.0 Å². The van der Waals surface area contributed by atoms with Gasteiger partial charge in [-0.05, 0) is 64.7 Å². The van der Waals surface area contributed by atoms with Crippen LogP contribution >= 0.6 is 11.3 Å². The number of hydrogen-bond acceptors (Lipinski definition) is 3. The van der Waals surface area contributed by atoms with Crippen LogP contribution in [0.1, 0.15) is 0 Å². The van der Waals surface area contributed by atoms with E-state index in [1.807, 2.05) is 12.3 Å². The summed E-state index contributed by atoms with van der Waals surface area (Å²) in [6.45, 7) is 0. The van der Waals surface area contributed by atoms with Crippen LogP contribution in [-0.2, 0) is 0 Å². The lowest BCUT2D eigenvalue weighted by Crippen LogP contribution is -2.10. The molecule has 0 bridgehead atoms. The van der Waals surface area contributed by atoms with E-state index in [9.17, 15) is 0 Å². The van der Waals surface area contributed by atoms with Crippen molar-refractivity contribution in [2.45, 2.75) is 0 Å². The highest BCUT2D eigenvalue weighted by Gasteiger charge is 2.18. The third-order valence-corrected chi connectivity index (χ3v) is 8.12. The minimum absolute atomic E-state index is 1.06. The molecule has 38 heavy (non-hydrogen) atoms. The molecular weight excluding hydrogens is 480 g/mol.